The Hall–Kier alpha value is -2.21. The van der Waals surface area contributed by atoms with Gasteiger partial charge in [-0.3, -0.25) is 4.79 Å². The van der Waals surface area contributed by atoms with Gasteiger partial charge < -0.3 is 15.2 Å². The van der Waals surface area contributed by atoms with Gasteiger partial charge in [0.25, 0.3) is 0 Å². The van der Waals surface area contributed by atoms with Gasteiger partial charge >= 0.3 is 11.8 Å². The fourth-order valence-corrected chi connectivity index (χ4v) is 3.23. The Morgan fingerprint density at radius 1 is 1.29 bits per heavy atom. The summed E-state index contributed by atoms with van der Waals surface area (Å²) in [6.45, 7) is 0. The van der Waals surface area contributed by atoms with E-state index >= 15 is 0 Å². The molecule has 0 saturated carbocycles. The minimum atomic E-state index is -0.288. The normalized spacial score (nSPS) is 27.0. The van der Waals surface area contributed by atoms with Gasteiger partial charge in [-0.2, -0.15) is 4.98 Å². The van der Waals surface area contributed by atoms with Crippen LogP contribution in [0.15, 0.2) is 34.9 Å². The number of amides is 1. The van der Waals surface area contributed by atoms with E-state index in [-0.39, 0.29) is 17.8 Å². The van der Waals surface area contributed by atoms with E-state index in [1.807, 2.05) is 30.3 Å². The molecule has 6 heteroatoms. The van der Waals surface area contributed by atoms with Crippen LogP contribution in [0, 0.1) is 0 Å². The summed E-state index contributed by atoms with van der Waals surface area (Å²) in [5.41, 5.74) is 0.835. The maximum Gasteiger partial charge on any atom is 0.316 e. The van der Waals surface area contributed by atoms with Crippen LogP contribution in [0.5, 0.6) is 0 Å². The summed E-state index contributed by atoms with van der Waals surface area (Å²) in [6.07, 6.45) is 3.31. The predicted octanol–water partition coefficient (Wildman–Crippen LogP) is 1.36. The van der Waals surface area contributed by atoms with Crippen molar-refractivity contribution >= 4 is 5.91 Å². The molecule has 2 fully saturated rings. The number of nitrogens with zero attached hydrogens (tertiary/aromatic N) is 2. The number of aromatic nitrogens is 2. The zero-order chi connectivity index (χ0) is 14.2. The molecule has 2 aromatic rings. The molecule has 2 saturated heterocycles. The lowest BCUT2D eigenvalue weighted by atomic mass is 9.95. The molecule has 6 nitrogen and oxygen atoms in total. The van der Waals surface area contributed by atoms with Gasteiger partial charge in [0.15, 0.2) is 0 Å². The Morgan fingerprint density at radius 3 is 2.86 bits per heavy atom. The molecule has 0 radical (unpaired) electrons. The molecule has 1 amide bonds. The van der Waals surface area contributed by atoms with Crippen LogP contribution in [0.1, 0.15) is 29.9 Å². The van der Waals surface area contributed by atoms with E-state index in [4.69, 9.17) is 4.52 Å². The lowest BCUT2D eigenvalue weighted by Gasteiger charge is -2.20. The minimum Gasteiger partial charge on any atom is -0.343 e. The van der Waals surface area contributed by atoms with Crippen LogP contribution in [-0.4, -0.2) is 34.2 Å². The Balaban J connectivity index is 1.47. The van der Waals surface area contributed by atoms with E-state index in [1.54, 1.807) is 0 Å². The summed E-state index contributed by atoms with van der Waals surface area (Å²) < 4.78 is 5.08. The second kappa shape index (κ2) is 4.96. The lowest BCUT2D eigenvalue weighted by molar-refractivity contribution is 0.0886. The second-order valence-electron chi connectivity index (χ2n) is 5.65. The van der Waals surface area contributed by atoms with E-state index in [0.29, 0.717) is 17.9 Å². The molecule has 3 heterocycles. The van der Waals surface area contributed by atoms with Gasteiger partial charge in [-0.15, -0.1) is 0 Å². The van der Waals surface area contributed by atoms with Crippen molar-refractivity contribution in [1.29, 1.82) is 0 Å². The van der Waals surface area contributed by atoms with Gasteiger partial charge in [0.05, 0.1) is 0 Å². The van der Waals surface area contributed by atoms with Gasteiger partial charge in [-0.1, -0.05) is 35.5 Å². The fourth-order valence-electron chi connectivity index (χ4n) is 3.23. The topological polar surface area (TPSA) is 80.0 Å². The molecule has 4 rings (SSSR count). The van der Waals surface area contributed by atoms with E-state index in [0.717, 1.165) is 18.4 Å². The van der Waals surface area contributed by atoms with E-state index < -0.39 is 0 Å². The average Bonchev–Trinajstić information content (AvgIpc) is 3.24. The smallest absolute Gasteiger partial charge is 0.316 e. The fraction of sp³-hybridized carbons (Fsp3) is 0.400. The van der Waals surface area contributed by atoms with Crippen molar-refractivity contribution in [2.24, 2.45) is 0 Å². The summed E-state index contributed by atoms with van der Waals surface area (Å²) in [7, 11) is 0. The largest absolute Gasteiger partial charge is 0.343 e. The van der Waals surface area contributed by atoms with Crippen LogP contribution < -0.4 is 10.6 Å². The quantitative estimate of drug-likeness (QED) is 0.889. The summed E-state index contributed by atoms with van der Waals surface area (Å²) >= 11 is 0. The first-order valence-corrected chi connectivity index (χ1v) is 7.25. The van der Waals surface area contributed by atoms with Crippen LogP contribution in [0.4, 0.5) is 0 Å². The molecule has 2 aliphatic heterocycles. The lowest BCUT2D eigenvalue weighted by Crippen LogP contribution is -2.43. The highest BCUT2D eigenvalue weighted by Crippen LogP contribution is 2.28. The summed E-state index contributed by atoms with van der Waals surface area (Å²) in [6, 6.07) is 10.6. The maximum absolute atomic E-state index is 12.2. The zero-order valence-corrected chi connectivity index (χ0v) is 11.5. The third-order valence-electron chi connectivity index (χ3n) is 4.27. The maximum atomic E-state index is 12.2. The van der Waals surface area contributed by atoms with Crippen LogP contribution in [0.2, 0.25) is 0 Å². The highest BCUT2D eigenvalue weighted by atomic mass is 16.5. The molecule has 2 N–H and O–H groups in total. The third kappa shape index (κ3) is 2.31. The van der Waals surface area contributed by atoms with Crippen LogP contribution in [0.25, 0.3) is 11.4 Å². The van der Waals surface area contributed by atoms with E-state index in [1.165, 1.54) is 6.42 Å². The van der Waals surface area contributed by atoms with E-state index in [2.05, 4.69) is 20.8 Å². The molecule has 2 bridgehead atoms. The number of fused-ring (bicyclic) bond motifs is 2. The molecule has 1 aromatic carbocycles. The minimum absolute atomic E-state index is 0.0247. The molecule has 3 atom stereocenters. The third-order valence-corrected chi connectivity index (χ3v) is 4.27. The van der Waals surface area contributed by atoms with Gasteiger partial charge in [0, 0.05) is 23.7 Å². The van der Waals surface area contributed by atoms with Gasteiger partial charge in [-0.25, -0.2) is 0 Å². The number of rotatable bonds is 3. The molecule has 0 unspecified atom stereocenters. The monoisotopic (exact) mass is 284 g/mol. The first kappa shape index (κ1) is 12.5. The van der Waals surface area contributed by atoms with Gasteiger partial charge in [0.2, 0.25) is 5.82 Å². The molecule has 2 aliphatic rings. The number of hydrogen-bond donors (Lipinski definition) is 2. The summed E-state index contributed by atoms with van der Waals surface area (Å²) in [5.74, 6) is 0.174. The van der Waals surface area contributed by atoms with Crippen molar-refractivity contribution in [3.05, 3.63) is 36.2 Å². The Kier molecular flexibility index (Phi) is 2.96. The SMILES string of the molecule is O=C(N[C@@H]1C[C@H]2CC[C@@H]1N2)c1nc(-c2ccccc2)no1. The van der Waals surface area contributed by atoms with Gasteiger partial charge in [-0.05, 0) is 19.3 Å². The Bertz CT molecular complexity index is 655. The van der Waals surface area contributed by atoms with Crippen molar-refractivity contribution in [2.45, 2.75) is 37.4 Å². The molecular formula is C15H16N4O2. The first-order valence-electron chi connectivity index (χ1n) is 7.25. The number of carbonyl (C=O) groups excluding carboxylic acids is 1. The van der Waals surface area contributed by atoms with E-state index in [9.17, 15) is 4.79 Å². The average molecular weight is 284 g/mol. The Labute approximate surface area is 121 Å². The highest BCUT2D eigenvalue weighted by molar-refractivity contribution is 5.90. The second-order valence-corrected chi connectivity index (χ2v) is 5.65. The molecular weight excluding hydrogens is 268 g/mol. The highest BCUT2D eigenvalue weighted by Gasteiger charge is 2.40. The van der Waals surface area contributed by atoms with Crippen LogP contribution >= 0.6 is 0 Å². The summed E-state index contributed by atoms with van der Waals surface area (Å²) in [5, 5.41) is 10.3. The predicted molar refractivity (Wildman–Crippen MR) is 75.6 cm³/mol. The summed E-state index contributed by atoms with van der Waals surface area (Å²) in [4.78, 5) is 16.4. The van der Waals surface area contributed by atoms with Crippen molar-refractivity contribution in [2.75, 3.05) is 0 Å². The molecule has 1 aromatic heterocycles. The van der Waals surface area contributed by atoms with Crippen LogP contribution in [-0.2, 0) is 0 Å². The Morgan fingerprint density at radius 2 is 2.14 bits per heavy atom. The first-order chi connectivity index (χ1) is 10.3. The van der Waals surface area contributed by atoms with Crippen molar-refractivity contribution in [3.8, 4) is 11.4 Å². The van der Waals surface area contributed by atoms with Crippen molar-refractivity contribution < 1.29 is 9.32 Å². The number of carbonyl (C=O) groups is 1. The number of nitrogens with one attached hydrogen (secondary N) is 2. The number of hydrogen-bond acceptors (Lipinski definition) is 5. The van der Waals surface area contributed by atoms with Crippen LogP contribution in [0.3, 0.4) is 0 Å². The molecule has 0 aliphatic carbocycles. The molecule has 0 spiro atoms. The zero-order valence-electron chi connectivity index (χ0n) is 11.5. The van der Waals surface area contributed by atoms with Crippen molar-refractivity contribution in [1.82, 2.24) is 20.8 Å². The number of benzene rings is 1. The molecule has 108 valence electrons. The standard InChI is InChI=1S/C15H16N4O2/c20-14(17-12-8-10-6-7-11(12)16-10)15-18-13(19-21-15)9-4-2-1-3-5-9/h1-5,10-12,16H,6-8H2,(H,17,20)/t10-,11+,12-/m1/s1. The van der Waals surface area contributed by atoms with Gasteiger partial charge in [0.1, 0.15) is 0 Å². The molecule has 21 heavy (non-hydrogen) atoms. The van der Waals surface area contributed by atoms with Crippen molar-refractivity contribution in [3.63, 3.8) is 0 Å².